The number of hydrogen-bond donors (Lipinski definition) is 0. The number of fused-ring (bicyclic) bond motifs is 2. The van der Waals surface area contributed by atoms with Crippen LogP contribution in [0.1, 0.15) is 38.8 Å². The van der Waals surface area contributed by atoms with Crippen LogP contribution in [0, 0.1) is 0 Å². The van der Waals surface area contributed by atoms with Gasteiger partial charge in [0.15, 0.2) is 31.7 Å². The average molecular weight is 661 g/mol. The fourth-order valence-electron chi connectivity index (χ4n) is 3.90. The molecule has 3 aromatic carbocycles. The summed E-state index contributed by atoms with van der Waals surface area (Å²) in [6.07, 6.45) is 12.2. The first-order valence-corrected chi connectivity index (χ1v) is 16.5. The van der Waals surface area contributed by atoms with Crippen LogP contribution in [0.5, 0.6) is 0 Å². The Hall–Kier alpha value is -2.70. The van der Waals surface area contributed by atoms with Gasteiger partial charge >= 0.3 is 0 Å². The minimum atomic E-state index is 0.759. The van der Waals surface area contributed by atoms with E-state index in [1.807, 2.05) is 81.5 Å². The maximum atomic E-state index is 4.17. The average Bonchev–Trinajstić information content (AvgIpc) is 3.00. The van der Waals surface area contributed by atoms with E-state index in [2.05, 4.69) is 122 Å². The Morgan fingerprint density at radius 3 is 2.00 bits per heavy atom. The zero-order valence-corrected chi connectivity index (χ0v) is 28.3. The summed E-state index contributed by atoms with van der Waals surface area (Å²) in [4.78, 5) is 4.08. The van der Waals surface area contributed by atoms with Gasteiger partial charge in [-0.25, -0.2) is 9.15 Å². The van der Waals surface area contributed by atoms with Gasteiger partial charge in [-0.3, -0.25) is 0 Å². The summed E-state index contributed by atoms with van der Waals surface area (Å²) in [6, 6.07) is 17.8. The molecule has 0 spiro atoms. The van der Waals surface area contributed by atoms with E-state index in [4.69, 9.17) is 0 Å². The van der Waals surface area contributed by atoms with Crippen LogP contribution in [0.4, 0.5) is 0 Å². The summed E-state index contributed by atoms with van der Waals surface area (Å²) < 4.78 is 4.22. The van der Waals surface area contributed by atoms with E-state index in [9.17, 15) is 0 Å². The van der Waals surface area contributed by atoms with Crippen LogP contribution in [0.25, 0.3) is 21.5 Å². The minimum Gasteiger partial charge on any atom is -0.379 e. The molecule has 1 aliphatic rings. The van der Waals surface area contributed by atoms with E-state index in [1.54, 1.807) is 0 Å². The van der Waals surface area contributed by atoms with E-state index >= 15 is 0 Å². The summed E-state index contributed by atoms with van der Waals surface area (Å²) in [7, 11) is 4.03. The maximum absolute atomic E-state index is 4.17. The molecule has 0 radical (unpaired) electrons. The van der Waals surface area contributed by atoms with Crippen molar-refractivity contribution in [3.63, 3.8) is 0 Å². The number of nitrogens with zero attached hydrogens (tertiary/aromatic N) is 4. The molecular formula is C33H48Br2N4+2. The van der Waals surface area contributed by atoms with Crippen molar-refractivity contribution in [2.24, 2.45) is 0 Å². The lowest BCUT2D eigenvalue weighted by Gasteiger charge is -2.14. The minimum absolute atomic E-state index is 0.759. The lowest BCUT2D eigenvalue weighted by molar-refractivity contribution is -0.472. The SMILES string of the molecule is C=CN1C=C[N+](Cc2cccc3cc4cccc(C[N+](=C)/C=C\N(C)C)c4cc23)=CC1.CBr.CBr.CC.CC. The van der Waals surface area contributed by atoms with Crippen molar-refractivity contribution in [2.45, 2.75) is 40.8 Å². The molecule has 0 unspecified atom stereocenters. The Morgan fingerprint density at radius 2 is 1.49 bits per heavy atom. The Kier molecular flexibility index (Phi) is 19.7. The quantitative estimate of drug-likeness (QED) is 0.109. The lowest BCUT2D eigenvalue weighted by Crippen LogP contribution is -2.22. The van der Waals surface area contributed by atoms with E-state index < -0.39 is 0 Å². The molecule has 4 nitrogen and oxygen atoms in total. The van der Waals surface area contributed by atoms with Gasteiger partial charge in [0.05, 0.1) is 18.9 Å². The van der Waals surface area contributed by atoms with Gasteiger partial charge in [-0.05, 0) is 51.5 Å². The van der Waals surface area contributed by atoms with E-state index in [-0.39, 0.29) is 0 Å². The van der Waals surface area contributed by atoms with Crippen LogP contribution in [0.3, 0.4) is 0 Å². The zero-order valence-electron chi connectivity index (χ0n) is 25.2. The topological polar surface area (TPSA) is 12.5 Å². The van der Waals surface area contributed by atoms with Gasteiger partial charge in [0.1, 0.15) is 6.72 Å². The summed E-state index contributed by atoms with van der Waals surface area (Å²) in [5, 5.41) is 5.12. The number of halogens is 2. The maximum Gasteiger partial charge on any atom is 0.185 e. The van der Waals surface area contributed by atoms with Gasteiger partial charge in [-0.1, -0.05) is 103 Å². The predicted molar refractivity (Wildman–Crippen MR) is 184 cm³/mol. The van der Waals surface area contributed by atoms with Crippen molar-refractivity contribution in [1.82, 2.24) is 9.80 Å². The fourth-order valence-corrected chi connectivity index (χ4v) is 3.90. The van der Waals surface area contributed by atoms with Crippen LogP contribution < -0.4 is 0 Å². The Labute approximate surface area is 254 Å². The summed E-state index contributed by atoms with van der Waals surface area (Å²) >= 11 is 5.88. The molecule has 0 saturated carbocycles. The Bertz CT molecular complexity index is 1240. The first-order chi connectivity index (χ1) is 19.0. The standard InChI is InChI=1S/C27H30N4.2C2H6.2CH3Br/c1-5-30-14-16-31(17-15-30)21-25-11-7-9-23-18-22-8-6-10-24(26(22)19-27(23)25)20-29(4)13-12-28(2)3;4*1-2/h5-14,16-19H,1,4,15,20-21H2,2-3H3;2*1-2H3;2*1H3/q+2;;;;/b13-12-;;;;. The zero-order chi connectivity index (χ0) is 29.8. The summed E-state index contributed by atoms with van der Waals surface area (Å²) in [6.45, 7) is 18.5. The predicted octanol–water partition coefficient (Wildman–Crippen LogP) is 8.83. The molecule has 3 aromatic rings. The second-order valence-corrected chi connectivity index (χ2v) is 8.17. The van der Waals surface area contributed by atoms with Crippen LogP contribution in [-0.4, -0.2) is 64.2 Å². The second-order valence-electron chi connectivity index (χ2n) is 8.17. The normalized spacial score (nSPS) is 11.5. The van der Waals surface area contributed by atoms with Crippen molar-refractivity contribution < 1.29 is 9.15 Å². The third kappa shape index (κ3) is 11.5. The second kappa shape index (κ2) is 21.2. The van der Waals surface area contributed by atoms with Gasteiger partial charge in [0, 0.05) is 25.2 Å². The molecule has 0 N–H and O–H groups in total. The molecule has 0 amide bonds. The summed E-state index contributed by atoms with van der Waals surface area (Å²) in [5.41, 5.74) is 2.60. The van der Waals surface area contributed by atoms with Crippen molar-refractivity contribution in [3.8, 4) is 0 Å². The smallest absolute Gasteiger partial charge is 0.185 e. The Morgan fingerprint density at radius 1 is 0.923 bits per heavy atom. The Balaban J connectivity index is 0.00000166. The van der Waals surface area contributed by atoms with E-state index in [1.165, 1.54) is 32.7 Å². The van der Waals surface area contributed by atoms with E-state index in [0.717, 1.165) is 19.6 Å². The van der Waals surface area contributed by atoms with Gasteiger partial charge in [-0.15, -0.1) is 0 Å². The lowest BCUT2D eigenvalue weighted by atomic mass is 9.96. The highest BCUT2D eigenvalue weighted by molar-refractivity contribution is 9.09. The molecule has 0 aromatic heterocycles. The molecule has 0 atom stereocenters. The third-order valence-electron chi connectivity index (χ3n) is 5.57. The van der Waals surface area contributed by atoms with E-state index in [0.29, 0.717) is 0 Å². The molecule has 39 heavy (non-hydrogen) atoms. The molecule has 1 aliphatic heterocycles. The molecule has 0 aliphatic carbocycles. The number of benzene rings is 3. The monoisotopic (exact) mass is 658 g/mol. The molecule has 0 saturated heterocycles. The highest BCUT2D eigenvalue weighted by Gasteiger charge is 2.13. The third-order valence-corrected chi connectivity index (χ3v) is 5.57. The van der Waals surface area contributed by atoms with Crippen molar-refractivity contribution >= 4 is 66.3 Å². The molecule has 6 heteroatoms. The fraction of sp³-hybridized carbons (Fsp3) is 0.333. The molecule has 0 fully saturated rings. The van der Waals surface area contributed by atoms with Crippen molar-refractivity contribution in [3.05, 3.63) is 97.2 Å². The van der Waals surface area contributed by atoms with Crippen LogP contribution in [0.2, 0.25) is 0 Å². The first kappa shape index (κ1) is 36.3. The molecule has 1 heterocycles. The van der Waals surface area contributed by atoms with Crippen LogP contribution >= 0.6 is 31.9 Å². The largest absolute Gasteiger partial charge is 0.379 e. The number of alkyl halides is 2. The van der Waals surface area contributed by atoms with Crippen LogP contribution in [-0.2, 0) is 13.1 Å². The first-order valence-electron chi connectivity index (χ1n) is 13.3. The molecule has 4 rings (SSSR count). The number of rotatable bonds is 7. The highest BCUT2D eigenvalue weighted by Crippen LogP contribution is 2.28. The van der Waals surface area contributed by atoms with Gasteiger partial charge < -0.3 is 9.80 Å². The highest BCUT2D eigenvalue weighted by atomic mass is 79.9. The van der Waals surface area contributed by atoms with Gasteiger partial charge in [0.2, 0.25) is 0 Å². The van der Waals surface area contributed by atoms with Gasteiger partial charge in [0.25, 0.3) is 0 Å². The molecule has 0 bridgehead atoms. The molecule has 212 valence electrons. The number of hydrogen-bond acceptors (Lipinski definition) is 2. The van der Waals surface area contributed by atoms with Crippen molar-refractivity contribution in [1.29, 1.82) is 0 Å². The summed E-state index contributed by atoms with van der Waals surface area (Å²) in [5.74, 6) is 3.62. The molecular weight excluding hydrogens is 612 g/mol. The van der Waals surface area contributed by atoms with Crippen molar-refractivity contribution in [2.75, 3.05) is 32.3 Å². The van der Waals surface area contributed by atoms with Gasteiger partial charge in [-0.2, -0.15) is 0 Å². The van der Waals surface area contributed by atoms with Crippen LogP contribution in [0.15, 0.2) is 86.1 Å².